The Bertz CT molecular complexity index is 421. The Kier molecular flexibility index (Phi) is 4.56. The molecule has 1 N–H and O–H groups in total. The maximum atomic E-state index is 12.2. The highest BCUT2D eigenvalue weighted by Gasteiger charge is 2.36. The van der Waals surface area contributed by atoms with Gasteiger partial charge in [-0.25, -0.2) is 0 Å². The SMILES string of the molecule is CCN(C)CCN1C(=O)C(C)NC1c1ccccc1. The first-order valence-corrected chi connectivity index (χ1v) is 6.93. The van der Waals surface area contributed by atoms with Crippen LogP contribution in [0.3, 0.4) is 0 Å². The van der Waals surface area contributed by atoms with Crippen LogP contribution in [0.2, 0.25) is 0 Å². The largest absolute Gasteiger partial charge is 0.320 e. The molecule has 1 aliphatic rings. The van der Waals surface area contributed by atoms with E-state index in [1.54, 1.807) is 0 Å². The lowest BCUT2D eigenvalue weighted by atomic mass is 10.1. The zero-order valence-corrected chi connectivity index (χ0v) is 12.0. The third-order valence-electron chi connectivity index (χ3n) is 3.75. The molecule has 2 rings (SSSR count). The van der Waals surface area contributed by atoms with Crippen molar-refractivity contribution >= 4 is 5.91 Å². The highest BCUT2D eigenvalue weighted by atomic mass is 16.2. The summed E-state index contributed by atoms with van der Waals surface area (Å²) in [5.41, 5.74) is 1.15. The Hall–Kier alpha value is -1.39. The molecule has 1 amide bonds. The van der Waals surface area contributed by atoms with Crippen LogP contribution < -0.4 is 5.32 Å². The molecule has 1 aromatic carbocycles. The molecule has 1 saturated heterocycles. The molecule has 1 aliphatic heterocycles. The fraction of sp³-hybridized carbons (Fsp3) is 0.533. The topological polar surface area (TPSA) is 35.6 Å². The van der Waals surface area contributed by atoms with Crippen LogP contribution in [0, 0.1) is 0 Å². The predicted octanol–water partition coefficient (Wildman–Crippen LogP) is 1.46. The number of amides is 1. The summed E-state index contributed by atoms with van der Waals surface area (Å²) in [7, 11) is 2.08. The van der Waals surface area contributed by atoms with Gasteiger partial charge in [-0.3, -0.25) is 10.1 Å². The molecule has 1 heterocycles. The van der Waals surface area contributed by atoms with Crippen LogP contribution in [0.5, 0.6) is 0 Å². The molecule has 0 saturated carbocycles. The van der Waals surface area contributed by atoms with Gasteiger partial charge in [-0.1, -0.05) is 37.3 Å². The Labute approximate surface area is 115 Å². The summed E-state index contributed by atoms with van der Waals surface area (Å²) in [4.78, 5) is 16.4. The Morgan fingerprint density at radius 3 is 2.63 bits per heavy atom. The minimum atomic E-state index is -0.0999. The molecule has 0 radical (unpaired) electrons. The minimum Gasteiger partial charge on any atom is -0.320 e. The van der Waals surface area contributed by atoms with Gasteiger partial charge in [0.25, 0.3) is 0 Å². The average molecular weight is 261 g/mol. The van der Waals surface area contributed by atoms with Crippen molar-refractivity contribution < 1.29 is 4.79 Å². The van der Waals surface area contributed by atoms with Crippen LogP contribution >= 0.6 is 0 Å². The molecule has 4 nitrogen and oxygen atoms in total. The van der Waals surface area contributed by atoms with Crippen molar-refractivity contribution in [2.45, 2.75) is 26.1 Å². The first-order valence-electron chi connectivity index (χ1n) is 6.93. The molecule has 0 bridgehead atoms. The zero-order valence-electron chi connectivity index (χ0n) is 12.0. The minimum absolute atomic E-state index is 0.00829. The first-order chi connectivity index (χ1) is 9.13. The number of carbonyl (C=O) groups excluding carboxylic acids is 1. The van der Waals surface area contributed by atoms with Crippen LogP contribution in [-0.4, -0.2) is 48.4 Å². The Balaban J connectivity index is 2.10. The fourth-order valence-corrected chi connectivity index (χ4v) is 2.36. The lowest BCUT2D eigenvalue weighted by Gasteiger charge is -2.26. The fourth-order valence-electron chi connectivity index (χ4n) is 2.36. The second-order valence-corrected chi connectivity index (χ2v) is 5.13. The monoisotopic (exact) mass is 261 g/mol. The van der Waals surface area contributed by atoms with Crippen LogP contribution in [-0.2, 0) is 4.79 Å². The predicted molar refractivity (Wildman–Crippen MR) is 76.7 cm³/mol. The molecule has 19 heavy (non-hydrogen) atoms. The second kappa shape index (κ2) is 6.17. The van der Waals surface area contributed by atoms with Crippen LogP contribution in [0.15, 0.2) is 30.3 Å². The number of nitrogens with one attached hydrogen (secondary N) is 1. The molecule has 2 atom stereocenters. The van der Waals surface area contributed by atoms with Crippen LogP contribution in [0.25, 0.3) is 0 Å². The van der Waals surface area contributed by atoms with E-state index in [2.05, 4.69) is 36.3 Å². The molecule has 104 valence electrons. The number of carbonyl (C=O) groups is 1. The van der Waals surface area contributed by atoms with Crippen molar-refractivity contribution in [3.8, 4) is 0 Å². The van der Waals surface area contributed by atoms with Gasteiger partial charge in [-0.15, -0.1) is 0 Å². The molecular weight excluding hydrogens is 238 g/mol. The van der Waals surface area contributed by atoms with Gasteiger partial charge >= 0.3 is 0 Å². The van der Waals surface area contributed by atoms with Gasteiger partial charge in [0, 0.05) is 13.1 Å². The summed E-state index contributed by atoms with van der Waals surface area (Å²) in [5.74, 6) is 0.193. The molecule has 0 aliphatic carbocycles. The maximum absolute atomic E-state index is 12.2. The Morgan fingerprint density at radius 2 is 2.00 bits per heavy atom. The number of hydrogen-bond donors (Lipinski definition) is 1. The van der Waals surface area contributed by atoms with Crippen molar-refractivity contribution in [3.63, 3.8) is 0 Å². The third kappa shape index (κ3) is 3.14. The smallest absolute Gasteiger partial charge is 0.241 e. The number of rotatable bonds is 5. The van der Waals surface area contributed by atoms with Gasteiger partial charge in [0.15, 0.2) is 0 Å². The summed E-state index contributed by atoms with van der Waals surface area (Å²) in [5, 5.41) is 3.37. The van der Waals surface area contributed by atoms with E-state index in [4.69, 9.17) is 0 Å². The van der Waals surface area contributed by atoms with Crippen molar-refractivity contribution in [2.75, 3.05) is 26.7 Å². The van der Waals surface area contributed by atoms with Gasteiger partial charge in [0.1, 0.15) is 6.17 Å². The van der Waals surface area contributed by atoms with Gasteiger partial charge in [-0.05, 0) is 26.1 Å². The second-order valence-electron chi connectivity index (χ2n) is 5.13. The van der Waals surface area contributed by atoms with Crippen molar-refractivity contribution in [2.24, 2.45) is 0 Å². The Morgan fingerprint density at radius 1 is 1.32 bits per heavy atom. The standard InChI is InChI=1S/C15H23N3O/c1-4-17(3)10-11-18-14(16-12(2)15(18)19)13-8-6-5-7-9-13/h5-9,12,14,16H,4,10-11H2,1-3H3. The van der Waals surface area contributed by atoms with E-state index in [0.717, 1.165) is 25.2 Å². The van der Waals surface area contributed by atoms with Crippen molar-refractivity contribution in [1.29, 1.82) is 0 Å². The van der Waals surface area contributed by atoms with Crippen molar-refractivity contribution in [1.82, 2.24) is 15.1 Å². The summed E-state index contributed by atoms with van der Waals surface area (Å²) < 4.78 is 0. The zero-order chi connectivity index (χ0) is 13.8. The molecule has 4 heteroatoms. The van der Waals surface area contributed by atoms with Gasteiger partial charge in [0.2, 0.25) is 5.91 Å². The van der Waals surface area contributed by atoms with Crippen LogP contribution in [0.4, 0.5) is 0 Å². The van der Waals surface area contributed by atoms with E-state index in [1.807, 2.05) is 30.0 Å². The molecular formula is C15H23N3O. The number of nitrogens with zero attached hydrogens (tertiary/aromatic N) is 2. The van der Waals surface area contributed by atoms with Crippen LogP contribution in [0.1, 0.15) is 25.6 Å². The van der Waals surface area contributed by atoms with E-state index >= 15 is 0 Å². The molecule has 0 spiro atoms. The average Bonchev–Trinajstić information content (AvgIpc) is 2.73. The number of hydrogen-bond acceptors (Lipinski definition) is 3. The number of likely N-dealkylation sites (N-methyl/N-ethyl adjacent to an activating group) is 1. The molecule has 0 aromatic heterocycles. The normalized spacial score (nSPS) is 23.4. The molecule has 1 aromatic rings. The summed E-state index contributed by atoms with van der Waals surface area (Å²) >= 11 is 0. The third-order valence-corrected chi connectivity index (χ3v) is 3.75. The first kappa shape index (κ1) is 14.0. The van der Waals surface area contributed by atoms with E-state index in [9.17, 15) is 4.79 Å². The van der Waals surface area contributed by atoms with Gasteiger partial charge in [0.05, 0.1) is 6.04 Å². The van der Waals surface area contributed by atoms with E-state index in [1.165, 1.54) is 0 Å². The highest BCUT2D eigenvalue weighted by Crippen LogP contribution is 2.24. The van der Waals surface area contributed by atoms with E-state index in [-0.39, 0.29) is 18.1 Å². The number of benzene rings is 1. The lowest BCUT2D eigenvalue weighted by molar-refractivity contribution is -0.130. The van der Waals surface area contributed by atoms with Crippen molar-refractivity contribution in [3.05, 3.63) is 35.9 Å². The summed E-state index contributed by atoms with van der Waals surface area (Å²) in [6.07, 6.45) is 0.00829. The summed E-state index contributed by atoms with van der Waals surface area (Å²) in [6, 6.07) is 10.1. The summed E-state index contributed by atoms with van der Waals surface area (Å²) in [6.45, 7) is 6.73. The van der Waals surface area contributed by atoms with E-state index in [0.29, 0.717) is 0 Å². The quantitative estimate of drug-likeness (QED) is 0.871. The van der Waals surface area contributed by atoms with Gasteiger partial charge in [-0.2, -0.15) is 0 Å². The molecule has 2 unspecified atom stereocenters. The van der Waals surface area contributed by atoms with E-state index < -0.39 is 0 Å². The molecule has 1 fully saturated rings. The maximum Gasteiger partial charge on any atom is 0.241 e. The van der Waals surface area contributed by atoms with Gasteiger partial charge < -0.3 is 9.80 Å². The highest BCUT2D eigenvalue weighted by molar-refractivity contribution is 5.84. The lowest BCUT2D eigenvalue weighted by Crippen LogP contribution is -2.37.